The van der Waals surface area contributed by atoms with Gasteiger partial charge >= 0.3 is 12.4 Å². The molecule has 0 heterocycles. The zero-order valence-electron chi connectivity index (χ0n) is 12.0. The Morgan fingerprint density at radius 3 is 1.83 bits per heavy atom. The van der Waals surface area contributed by atoms with Crippen molar-refractivity contribution in [3.8, 4) is 0 Å². The first kappa shape index (κ1) is 21.9. The Balaban J connectivity index is 0.00000484. The predicted octanol–water partition coefficient (Wildman–Crippen LogP) is 4.30. The van der Waals surface area contributed by atoms with Gasteiger partial charge in [-0.05, 0) is 18.1 Å². The Morgan fingerprint density at radius 1 is 1.00 bits per heavy atom. The van der Waals surface area contributed by atoms with Crippen LogP contribution in [-0.4, -0.2) is 11.2 Å². The molecule has 1 rings (SSSR count). The maximum Gasteiger partial charge on any atom is 0.416 e. The van der Waals surface area contributed by atoms with E-state index in [-0.39, 0.29) is 24.5 Å². The summed E-state index contributed by atoms with van der Waals surface area (Å²) in [6.07, 6.45) is -11.9. The molecule has 2 atom stereocenters. The smallest absolute Gasteiger partial charge is 0.391 e. The third-order valence-corrected chi connectivity index (χ3v) is 3.15. The van der Waals surface area contributed by atoms with Crippen LogP contribution in [0.15, 0.2) is 12.1 Å². The monoisotopic (exact) mass is 369 g/mol. The fraction of sp³-hybridized carbons (Fsp3) is 0.538. The molecule has 0 saturated heterocycles. The van der Waals surface area contributed by atoms with Gasteiger partial charge in [0.1, 0.15) is 5.82 Å². The van der Waals surface area contributed by atoms with E-state index in [1.807, 2.05) is 0 Å². The molecule has 10 heteroatoms. The van der Waals surface area contributed by atoms with Gasteiger partial charge in [0.25, 0.3) is 0 Å². The summed E-state index contributed by atoms with van der Waals surface area (Å²) >= 11 is 0. The Hall–Kier alpha value is -1.06. The van der Waals surface area contributed by atoms with Crippen molar-refractivity contribution < 1.29 is 35.8 Å². The minimum absolute atomic E-state index is 0. The van der Waals surface area contributed by atoms with Crippen molar-refractivity contribution in [2.24, 2.45) is 11.7 Å². The fourth-order valence-electron chi connectivity index (χ4n) is 1.94. The summed E-state index contributed by atoms with van der Waals surface area (Å²) in [5, 5.41) is 9.71. The van der Waals surface area contributed by atoms with Crippen molar-refractivity contribution in [3.05, 3.63) is 34.6 Å². The molecule has 1 aromatic carbocycles. The van der Waals surface area contributed by atoms with E-state index in [0.717, 1.165) is 0 Å². The number of hydrogen-bond acceptors (Lipinski definition) is 2. The second-order valence-corrected chi connectivity index (χ2v) is 5.18. The Kier molecular flexibility index (Phi) is 6.89. The number of alkyl halides is 6. The Labute approximate surface area is 133 Å². The molecule has 134 valence electrons. The second kappa shape index (κ2) is 7.23. The molecule has 0 unspecified atom stereocenters. The van der Waals surface area contributed by atoms with Gasteiger partial charge in [-0.25, -0.2) is 4.39 Å². The summed E-state index contributed by atoms with van der Waals surface area (Å²) < 4.78 is 90.3. The average Bonchev–Trinajstić information content (AvgIpc) is 2.33. The van der Waals surface area contributed by atoms with Gasteiger partial charge in [-0.3, -0.25) is 0 Å². The fourth-order valence-corrected chi connectivity index (χ4v) is 1.94. The molecule has 3 N–H and O–H groups in total. The molecule has 0 radical (unpaired) electrons. The lowest BCUT2D eigenvalue weighted by atomic mass is 9.89. The number of benzene rings is 1. The van der Waals surface area contributed by atoms with Crippen LogP contribution in [-0.2, 0) is 12.4 Å². The molecule has 0 aliphatic carbocycles. The van der Waals surface area contributed by atoms with E-state index in [9.17, 15) is 35.8 Å². The number of aliphatic hydroxyl groups is 1. The first-order valence-corrected chi connectivity index (χ1v) is 6.18. The second-order valence-electron chi connectivity index (χ2n) is 5.18. The van der Waals surface area contributed by atoms with Crippen LogP contribution in [0, 0.1) is 11.7 Å². The highest BCUT2D eigenvalue weighted by atomic mass is 35.5. The molecule has 0 aliphatic heterocycles. The van der Waals surface area contributed by atoms with Crippen molar-refractivity contribution in [1.82, 2.24) is 0 Å². The summed E-state index contributed by atoms with van der Waals surface area (Å²) in [5.41, 5.74) is 0.635. The van der Waals surface area contributed by atoms with Gasteiger partial charge in [-0.15, -0.1) is 12.4 Å². The highest BCUT2D eigenvalue weighted by Crippen LogP contribution is 2.41. The van der Waals surface area contributed by atoms with Crippen LogP contribution in [0.2, 0.25) is 0 Å². The SMILES string of the molecule is CC(C)[C@@H](O)[C@@H](N)c1c(F)cc(C(F)(F)F)cc1C(F)(F)F.Cl. The number of rotatable bonds is 3. The largest absolute Gasteiger partial charge is 0.416 e. The maximum absolute atomic E-state index is 13.9. The Morgan fingerprint density at radius 2 is 1.48 bits per heavy atom. The van der Waals surface area contributed by atoms with E-state index in [4.69, 9.17) is 5.73 Å². The van der Waals surface area contributed by atoms with E-state index < -0.39 is 52.9 Å². The first-order chi connectivity index (χ1) is 9.76. The first-order valence-electron chi connectivity index (χ1n) is 6.18. The summed E-state index contributed by atoms with van der Waals surface area (Å²) in [5.74, 6) is -2.37. The quantitative estimate of drug-likeness (QED) is 0.780. The van der Waals surface area contributed by atoms with Gasteiger partial charge in [-0.2, -0.15) is 26.3 Å². The summed E-state index contributed by atoms with van der Waals surface area (Å²) in [4.78, 5) is 0. The van der Waals surface area contributed by atoms with Crippen LogP contribution in [0.5, 0.6) is 0 Å². The van der Waals surface area contributed by atoms with Crippen molar-refractivity contribution in [2.75, 3.05) is 0 Å². The molecule has 1 aromatic rings. The summed E-state index contributed by atoms with van der Waals surface area (Å²) in [6, 6.07) is -2.07. The standard InChI is InChI=1S/C13H14F7NO.ClH/c1-5(2)11(22)10(21)9-7(13(18,19)20)3-6(4-8(9)14)12(15,16)17;/h3-5,10-11,22H,21H2,1-2H3;1H/t10-,11+;/m0./s1. The van der Waals surface area contributed by atoms with Crippen LogP contribution >= 0.6 is 12.4 Å². The normalized spacial score (nSPS) is 15.3. The van der Waals surface area contributed by atoms with Crippen molar-refractivity contribution >= 4 is 12.4 Å². The molecule has 0 bridgehead atoms. The predicted molar refractivity (Wildman–Crippen MR) is 71.4 cm³/mol. The van der Waals surface area contributed by atoms with E-state index in [1.54, 1.807) is 0 Å². The maximum atomic E-state index is 13.9. The molecule has 0 spiro atoms. The molecule has 0 fully saturated rings. The zero-order chi connectivity index (χ0) is 17.5. The van der Waals surface area contributed by atoms with Crippen LogP contribution in [0.25, 0.3) is 0 Å². The number of hydrogen-bond donors (Lipinski definition) is 2. The van der Waals surface area contributed by atoms with Gasteiger partial charge < -0.3 is 10.8 Å². The van der Waals surface area contributed by atoms with Crippen molar-refractivity contribution in [1.29, 1.82) is 0 Å². The van der Waals surface area contributed by atoms with E-state index in [2.05, 4.69) is 0 Å². The molecule has 23 heavy (non-hydrogen) atoms. The molecule has 0 aliphatic rings. The molecular formula is C13H15ClF7NO. The molecule has 0 amide bonds. The molecular weight excluding hydrogens is 355 g/mol. The number of halogens is 8. The van der Waals surface area contributed by atoms with E-state index >= 15 is 0 Å². The van der Waals surface area contributed by atoms with Crippen LogP contribution in [0.1, 0.15) is 36.6 Å². The van der Waals surface area contributed by atoms with Gasteiger partial charge in [0.05, 0.1) is 23.3 Å². The molecule has 0 saturated carbocycles. The van der Waals surface area contributed by atoms with Crippen LogP contribution < -0.4 is 5.73 Å². The van der Waals surface area contributed by atoms with E-state index in [0.29, 0.717) is 0 Å². The lowest BCUT2D eigenvalue weighted by molar-refractivity contribution is -0.144. The molecule has 2 nitrogen and oxygen atoms in total. The van der Waals surface area contributed by atoms with Gasteiger partial charge in [-0.1, -0.05) is 13.8 Å². The van der Waals surface area contributed by atoms with Crippen LogP contribution in [0.4, 0.5) is 30.7 Å². The minimum atomic E-state index is -5.24. The summed E-state index contributed by atoms with van der Waals surface area (Å²) in [7, 11) is 0. The lowest BCUT2D eigenvalue weighted by Gasteiger charge is -2.26. The number of nitrogens with two attached hydrogens (primary N) is 1. The lowest BCUT2D eigenvalue weighted by Crippen LogP contribution is -2.33. The van der Waals surface area contributed by atoms with E-state index in [1.165, 1.54) is 13.8 Å². The third kappa shape index (κ3) is 4.95. The Bertz CT molecular complexity index is 542. The van der Waals surface area contributed by atoms with Crippen LogP contribution in [0.3, 0.4) is 0 Å². The minimum Gasteiger partial charge on any atom is -0.391 e. The van der Waals surface area contributed by atoms with Crippen molar-refractivity contribution in [2.45, 2.75) is 38.3 Å². The number of aliphatic hydroxyl groups excluding tert-OH is 1. The highest BCUT2D eigenvalue weighted by Gasteiger charge is 2.42. The average molecular weight is 370 g/mol. The zero-order valence-corrected chi connectivity index (χ0v) is 12.8. The van der Waals surface area contributed by atoms with Crippen molar-refractivity contribution in [3.63, 3.8) is 0 Å². The van der Waals surface area contributed by atoms with Gasteiger partial charge in [0.2, 0.25) is 0 Å². The highest BCUT2D eigenvalue weighted by molar-refractivity contribution is 5.85. The third-order valence-electron chi connectivity index (χ3n) is 3.15. The topological polar surface area (TPSA) is 46.2 Å². The summed E-state index contributed by atoms with van der Waals surface area (Å²) in [6.45, 7) is 2.86. The van der Waals surface area contributed by atoms with Gasteiger partial charge in [0, 0.05) is 5.56 Å². The molecule has 0 aromatic heterocycles. The van der Waals surface area contributed by atoms with Gasteiger partial charge in [0.15, 0.2) is 0 Å².